The third kappa shape index (κ3) is 3.36. The minimum atomic E-state index is 0.0780. The van der Waals surface area contributed by atoms with Crippen molar-refractivity contribution in [3.05, 3.63) is 41.6 Å². The van der Waals surface area contributed by atoms with E-state index >= 15 is 0 Å². The standard InChI is InChI=1S/C16H24N4O/c1-12(2)20-16(15(17)13(3)18-20)19(9-10-21)11-14-7-5-4-6-8-14/h4-8,12,21H,9-11,17H2,1-3H3. The van der Waals surface area contributed by atoms with Gasteiger partial charge in [-0.05, 0) is 26.3 Å². The van der Waals surface area contributed by atoms with Crippen LogP contribution in [0.5, 0.6) is 0 Å². The lowest BCUT2D eigenvalue weighted by molar-refractivity contribution is 0.300. The number of aromatic nitrogens is 2. The molecule has 0 atom stereocenters. The highest BCUT2D eigenvalue weighted by Crippen LogP contribution is 2.30. The molecule has 1 aromatic carbocycles. The van der Waals surface area contributed by atoms with Gasteiger partial charge < -0.3 is 15.7 Å². The van der Waals surface area contributed by atoms with Gasteiger partial charge in [0.1, 0.15) is 0 Å². The number of aliphatic hydroxyl groups is 1. The molecule has 0 amide bonds. The van der Waals surface area contributed by atoms with Crippen LogP contribution in [-0.4, -0.2) is 28.0 Å². The van der Waals surface area contributed by atoms with Crippen molar-refractivity contribution in [3.63, 3.8) is 0 Å². The molecule has 0 aliphatic rings. The second-order valence-corrected chi connectivity index (χ2v) is 5.49. The molecule has 1 aromatic heterocycles. The van der Waals surface area contributed by atoms with Gasteiger partial charge in [-0.25, -0.2) is 4.68 Å². The van der Waals surface area contributed by atoms with E-state index in [0.29, 0.717) is 18.8 Å². The average molecular weight is 288 g/mol. The molecule has 0 saturated carbocycles. The van der Waals surface area contributed by atoms with Crippen molar-refractivity contribution < 1.29 is 5.11 Å². The lowest BCUT2D eigenvalue weighted by Gasteiger charge is -2.26. The highest BCUT2D eigenvalue weighted by molar-refractivity contribution is 5.66. The number of nitrogens with two attached hydrogens (primary N) is 1. The number of hydrogen-bond acceptors (Lipinski definition) is 4. The van der Waals surface area contributed by atoms with Crippen molar-refractivity contribution in [2.24, 2.45) is 0 Å². The number of benzene rings is 1. The van der Waals surface area contributed by atoms with Crippen LogP contribution in [0.25, 0.3) is 0 Å². The topological polar surface area (TPSA) is 67.3 Å². The summed E-state index contributed by atoms with van der Waals surface area (Å²) in [7, 11) is 0. The van der Waals surface area contributed by atoms with E-state index in [1.54, 1.807) is 0 Å². The van der Waals surface area contributed by atoms with Gasteiger partial charge in [0.05, 0.1) is 18.0 Å². The molecule has 0 saturated heterocycles. The maximum Gasteiger partial charge on any atom is 0.151 e. The molecule has 0 radical (unpaired) electrons. The molecule has 114 valence electrons. The lowest BCUT2D eigenvalue weighted by atomic mass is 10.2. The summed E-state index contributed by atoms with van der Waals surface area (Å²) in [4.78, 5) is 2.09. The van der Waals surface area contributed by atoms with Crippen LogP contribution in [0.15, 0.2) is 30.3 Å². The van der Waals surface area contributed by atoms with E-state index in [2.05, 4.69) is 36.0 Å². The van der Waals surface area contributed by atoms with E-state index in [0.717, 1.165) is 11.5 Å². The smallest absolute Gasteiger partial charge is 0.151 e. The zero-order chi connectivity index (χ0) is 15.4. The molecule has 2 aromatic rings. The molecule has 5 heteroatoms. The van der Waals surface area contributed by atoms with Gasteiger partial charge in [0.15, 0.2) is 5.82 Å². The van der Waals surface area contributed by atoms with E-state index < -0.39 is 0 Å². The molecular formula is C16H24N4O. The molecule has 0 aliphatic carbocycles. The van der Waals surface area contributed by atoms with Gasteiger partial charge in [0.2, 0.25) is 0 Å². The number of hydrogen-bond donors (Lipinski definition) is 2. The predicted molar refractivity (Wildman–Crippen MR) is 86.3 cm³/mol. The summed E-state index contributed by atoms with van der Waals surface area (Å²) in [6.45, 7) is 7.37. The number of nitrogen functional groups attached to an aromatic ring is 1. The van der Waals surface area contributed by atoms with Crippen LogP contribution in [0.3, 0.4) is 0 Å². The molecule has 0 aliphatic heterocycles. The maximum atomic E-state index is 9.39. The first-order chi connectivity index (χ1) is 10.0. The zero-order valence-electron chi connectivity index (χ0n) is 13.0. The van der Waals surface area contributed by atoms with E-state index in [1.807, 2.05) is 29.8 Å². The number of nitrogens with zero attached hydrogens (tertiary/aromatic N) is 3. The Hall–Kier alpha value is -2.01. The summed E-state index contributed by atoms with van der Waals surface area (Å²) in [5, 5.41) is 13.9. The first-order valence-electron chi connectivity index (χ1n) is 7.29. The van der Waals surface area contributed by atoms with Gasteiger partial charge in [-0.1, -0.05) is 30.3 Å². The zero-order valence-corrected chi connectivity index (χ0v) is 13.0. The highest BCUT2D eigenvalue weighted by Gasteiger charge is 2.20. The van der Waals surface area contributed by atoms with E-state index in [9.17, 15) is 5.11 Å². The summed E-state index contributed by atoms with van der Waals surface area (Å²) < 4.78 is 1.93. The van der Waals surface area contributed by atoms with Crippen molar-refractivity contribution in [1.82, 2.24) is 9.78 Å². The van der Waals surface area contributed by atoms with Crippen molar-refractivity contribution in [1.29, 1.82) is 0 Å². The van der Waals surface area contributed by atoms with Gasteiger partial charge >= 0.3 is 0 Å². The monoisotopic (exact) mass is 288 g/mol. The molecule has 3 N–H and O–H groups in total. The van der Waals surface area contributed by atoms with Crippen LogP contribution in [0.1, 0.15) is 31.1 Å². The Morgan fingerprint density at radius 3 is 2.52 bits per heavy atom. The Labute approximate surface area is 126 Å². The fraction of sp³-hybridized carbons (Fsp3) is 0.438. The van der Waals surface area contributed by atoms with E-state index in [1.165, 1.54) is 5.56 Å². The Balaban J connectivity index is 2.38. The Morgan fingerprint density at radius 1 is 1.29 bits per heavy atom. The second-order valence-electron chi connectivity index (χ2n) is 5.49. The first kappa shape index (κ1) is 15.4. The third-order valence-electron chi connectivity index (χ3n) is 3.48. The molecule has 5 nitrogen and oxygen atoms in total. The maximum absolute atomic E-state index is 9.39. The number of rotatable bonds is 6. The van der Waals surface area contributed by atoms with Gasteiger partial charge in [0.25, 0.3) is 0 Å². The molecule has 0 spiro atoms. The van der Waals surface area contributed by atoms with E-state index in [4.69, 9.17) is 5.73 Å². The molecule has 0 unspecified atom stereocenters. The van der Waals surface area contributed by atoms with Crippen molar-refractivity contribution in [2.45, 2.75) is 33.4 Å². The Kier molecular flexibility index (Phi) is 4.85. The highest BCUT2D eigenvalue weighted by atomic mass is 16.3. The summed E-state index contributed by atoms with van der Waals surface area (Å²) in [6.07, 6.45) is 0. The SMILES string of the molecule is Cc1nn(C(C)C)c(N(CCO)Cc2ccccc2)c1N. The minimum absolute atomic E-state index is 0.0780. The summed E-state index contributed by atoms with van der Waals surface area (Å²) >= 11 is 0. The van der Waals surface area contributed by atoms with Crippen LogP contribution in [-0.2, 0) is 6.54 Å². The largest absolute Gasteiger partial charge is 0.395 e. The molecular weight excluding hydrogens is 264 g/mol. The number of anilines is 2. The first-order valence-corrected chi connectivity index (χ1v) is 7.29. The molecule has 2 rings (SSSR count). The minimum Gasteiger partial charge on any atom is -0.395 e. The van der Waals surface area contributed by atoms with Crippen LogP contribution < -0.4 is 10.6 Å². The summed E-state index contributed by atoms with van der Waals surface area (Å²) in [6, 6.07) is 10.4. The Bertz CT molecular complexity index is 577. The summed E-state index contributed by atoms with van der Waals surface area (Å²) in [5.41, 5.74) is 8.92. The lowest BCUT2D eigenvalue weighted by Crippen LogP contribution is -2.29. The fourth-order valence-electron chi connectivity index (χ4n) is 2.41. The summed E-state index contributed by atoms with van der Waals surface area (Å²) in [5.74, 6) is 0.889. The van der Waals surface area contributed by atoms with Crippen molar-refractivity contribution in [3.8, 4) is 0 Å². The van der Waals surface area contributed by atoms with Crippen LogP contribution in [0.2, 0.25) is 0 Å². The van der Waals surface area contributed by atoms with Gasteiger partial charge in [-0.3, -0.25) is 0 Å². The van der Waals surface area contributed by atoms with Crippen LogP contribution in [0.4, 0.5) is 11.5 Å². The number of aliphatic hydroxyl groups excluding tert-OH is 1. The van der Waals surface area contributed by atoms with Gasteiger partial charge in [0, 0.05) is 19.1 Å². The van der Waals surface area contributed by atoms with Crippen molar-refractivity contribution >= 4 is 11.5 Å². The van der Waals surface area contributed by atoms with Gasteiger partial charge in [-0.2, -0.15) is 5.10 Å². The Morgan fingerprint density at radius 2 is 1.95 bits per heavy atom. The molecule has 0 bridgehead atoms. The van der Waals surface area contributed by atoms with Crippen LogP contribution >= 0.6 is 0 Å². The van der Waals surface area contributed by atoms with Gasteiger partial charge in [-0.15, -0.1) is 0 Å². The molecule has 1 heterocycles. The predicted octanol–water partition coefficient (Wildman–Crippen LogP) is 2.35. The van der Waals surface area contributed by atoms with Crippen molar-refractivity contribution in [2.75, 3.05) is 23.8 Å². The van der Waals surface area contributed by atoms with Crippen LogP contribution in [0, 0.1) is 6.92 Å². The molecule has 0 fully saturated rings. The quantitative estimate of drug-likeness (QED) is 0.856. The molecule has 21 heavy (non-hydrogen) atoms. The fourth-order valence-corrected chi connectivity index (χ4v) is 2.41. The average Bonchev–Trinajstić information content (AvgIpc) is 2.76. The third-order valence-corrected chi connectivity index (χ3v) is 3.48. The normalized spacial score (nSPS) is 11.1. The number of aryl methyl sites for hydroxylation is 1. The second kappa shape index (κ2) is 6.63. The van der Waals surface area contributed by atoms with E-state index in [-0.39, 0.29) is 12.6 Å².